The van der Waals surface area contributed by atoms with Crippen LogP contribution in [-0.4, -0.2) is 26.6 Å². The molecular formula is C16H11F6N3S3. The topological polar surface area (TPSA) is 38.1 Å². The fourth-order valence-electron chi connectivity index (χ4n) is 2.07. The second kappa shape index (κ2) is 8.54. The number of thioether (sulfide) groups is 3. The van der Waals surface area contributed by atoms with Gasteiger partial charge in [-0.2, -0.15) is 26.3 Å². The summed E-state index contributed by atoms with van der Waals surface area (Å²) in [5.41, 5.74) is -1.34. The molecule has 0 saturated carbocycles. The first-order chi connectivity index (χ1) is 13.1. The van der Waals surface area contributed by atoms with E-state index in [-0.39, 0.29) is 15.9 Å². The summed E-state index contributed by atoms with van der Waals surface area (Å²) in [6.45, 7) is 0.611. The molecule has 0 atom stereocenters. The maximum absolute atomic E-state index is 13.1. The van der Waals surface area contributed by atoms with Gasteiger partial charge in [-0.05, 0) is 29.5 Å². The molecule has 0 amide bonds. The molecule has 1 aromatic carbocycles. The van der Waals surface area contributed by atoms with E-state index in [1.54, 1.807) is 0 Å². The predicted octanol–water partition coefficient (Wildman–Crippen LogP) is 6.00. The molecule has 12 heteroatoms. The highest BCUT2D eigenvalue weighted by Crippen LogP contribution is 2.35. The Morgan fingerprint density at radius 1 is 0.964 bits per heavy atom. The Bertz CT molecular complexity index is 865. The van der Waals surface area contributed by atoms with Crippen LogP contribution in [0, 0.1) is 0 Å². The van der Waals surface area contributed by atoms with Crippen molar-refractivity contribution in [2.24, 2.45) is 4.99 Å². The van der Waals surface area contributed by atoms with Crippen molar-refractivity contribution in [3.63, 3.8) is 0 Å². The summed E-state index contributed by atoms with van der Waals surface area (Å²) < 4.78 is 77.8. The van der Waals surface area contributed by atoms with Crippen molar-refractivity contribution in [1.29, 1.82) is 0 Å². The molecule has 2 aromatic rings. The minimum Gasteiger partial charge on any atom is -0.271 e. The van der Waals surface area contributed by atoms with Crippen LogP contribution >= 0.6 is 35.3 Å². The molecule has 1 aliphatic heterocycles. The summed E-state index contributed by atoms with van der Waals surface area (Å²) >= 11 is 3.41. The van der Waals surface area contributed by atoms with Crippen LogP contribution in [-0.2, 0) is 18.1 Å². The van der Waals surface area contributed by atoms with E-state index in [0.717, 1.165) is 47.5 Å². The van der Waals surface area contributed by atoms with Crippen molar-refractivity contribution in [3.05, 3.63) is 47.2 Å². The smallest absolute Gasteiger partial charge is 0.271 e. The number of benzene rings is 1. The van der Waals surface area contributed by atoms with Gasteiger partial charge < -0.3 is 0 Å². The van der Waals surface area contributed by atoms with Crippen LogP contribution in [0.5, 0.6) is 0 Å². The predicted molar refractivity (Wildman–Crippen MR) is 98.7 cm³/mol. The summed E-state index contributed by atoms with van der Waals surface area (Å²) in [6.07, 6.45) is -9.07. The van der Waals surface area contributed by atoms with E-state index in [4.69, 9.17) is 0 Å². The quantitative estimate of drug-likeness (QED) is 0.245. The molecule has 0 N–H and O–H groups in total. The molecule has 0 aliphatic carbocycles. The lowest BCUT2D eigenvalue weighted by Gasteiger charge is -2.10. The van der Waals surface area contributed by atoms with Gasteiger partial charge >= 0.3 is 12.4 Å². The van der Waals surface area contributed by atoms with Gasteiger partial charge in [0, 0.05) is 17.6 Å². The van der Waals surface area contributed by atoms with Crippen LogP contribution in [0.4, 0.5) is 26.3 Å². The van der Waals surface area contributed by atoms with Crippen molar-refractivity contribution in [2.45, 2.75) is 28.3 Å². The van der Waals surface area contributed by atoms with Crippen LogP contribution in [0.1, 0.15) is 16.8 Å². The number of alkyl halides is 6. The first kappa shape index (κ1) is 21.3. The van der Waals surface area contributed by atoms with Gasteiger partial charge in [-0.15, -0.1) is 0 Å². The van der Waals surface area contributed by atoms with Crippen molar-refractivity contribution >= 4 is 39.7 Å². The summed E-state index contributed by atoms with van der Waals surface area (Å²) in [5.74, 6) is 0.911. The third kappa shape index (κ3) is 5.80. The average Bonchev–Trinajstić information content (AvgIpc) is 3.11. The Morgan fingerprint density at radius 3 is 2.25 bits per heavy atom. The summed E-state index contributed by atoms with van der Waals surface area (Å²) in [5, 5.41) is 0.0335. The van der Waals surface area contributed by atoms with E-state index in [2.05, 4.69) is 15.0 Å². The zero-order valence-electron chi connectivity index (χ0n) is 13.8. The van der Waals surface area contributed by atoms with Gasteiger partial charge in [0.05, 0.1) is 12.1 Å². The molecule has 0 spiro atoms. The fourth-order valence-corrected chi connectivity index (χ4v) is 4.86. The highest BCUT2D eigenvalue weighted by atomic mass is 32.2. The van der Waals surface area contributed by atoms with Gasteiger partial charge in [0.1, 0.15) is 15.1 Å². The normalized spacial score (nSPS) is 15.0. The molecule has 2 heterocycles. The zero-order chi connectivity index (χ0) is 20.4. The molecule has 0 unspecified atom stereocenters. The van der Waals surface area contributed by atoms with Crippen LogP contribution in [0.3, 0.4) is 0 Å². The number of aliphatic imine (C=N–C) groups is 1. The van der Waals surface area contributed by atoms with Crippen LogP contribution < -0.4 is 0 Å². The van der Waals surface area contributed by atoms with Crippen molar-refractivity contribution in [1.82, 2.24) is 9.97 Å². The van der Waals surface area contributed by atoms with E-state index in [1.807, 2.05) is 0 Å². The summed E-state index contributed by atoms with van der Waals surface area (Å²) in [7, 11) is 0. The molecule has 0 saturated heterocycles. The minimum atomic E-state index is -4.63. The van der Waals surface area contributed by atoms with E-state index >= 15 is 0 Å². The molecule has 1 aromatic heterocycles. The summed E-state index contributed by atoms with van der Waals surface area (Å²) in [4.78, 5) is 11.8. The largest absolute Gasteiger partial charge is 0.433 e. The highest BCUT2D eigenvalue weighted by molar-refractivity contribution is 8.39. The van der Waals surface area contributed by atoms with Crippen LogP contribution in [0.15, 0.2) is 45.5 Å². The van der Waals surface area contributed by atoms with Gasteiger partial charge in [-0.25, -0.2) is 9.97 Å². The standard InChI is InChI=1S/C16H11F6N3S3/c17-15(18,19)10-3-1-9(2-4-10)8-27-13-24-11(16(20,21)22)7-12(25-13)28-14-23-5-6-26-14/h1-4,7H,5-6,8H2. The lowest BCUT2D eigenvalue weighted by molar-refractivity contribution is -0.142. The van der Waals surface area contributed by atoms with Gasteiger partial charge in [0.25, 0.3) is 0 Å². The Balaban J connectivity index is 1.76. The SMILES string of the molecule is FC(F)(F)c1ccc(CSc2nc(SC3=NCCS3)cc(C(F)(F)F)n2)cc1. The third-order valence-electron chi connectivity index (χ3n) is 3.37. The number of aromatic nitrogens is 2. The number of hydrogen-bond acceptors (Lipinski definition) is 6. The second-order valence-corrected chi connectivity index (χ2v) is 8.75. The lowest BCUT2D eigenvalue weighted by atomic mass is 10.1. The number of hydrogen-bond donors (Lipinski definition) is 0. The number of nitrogens with zero attached hydrogens (tertiary/aromatic N) is 3. The van der Waals surface area contributed by atoms with Crippen molar-refractivity contribution in [3.8, 4) is 0 Å². The van der Waals surface area contributed by atoms with E-state index in [9.17, 15) is 26.3 Å². The van der Waals surface area contributed by atoms with Crippen LogP contribution in [0.25, 0.3) is 0 Å². The van der Waals surface area contributed by atoms with E-state index < -0.39 is 23.6 Å². The molecule has 0 radical (unpaired) electrons. The van der Waals surface area contributed by atoms with Crippen molar-refractivity contribution < 1.29 is 26.3 Å². The Kier molecular flexibility index (Phi) is 6.50. The third-order valence-corrected chi connectivity index (χ3v) is 6.38. The van der Waals surface area contributed by atoms with Gasteiger partial charge in [0.15, 0.2) is 5.16 Å². The van der Waals surface area contributed by atoms with Gasteiger partial charge in [-0.1, -0.05) is 35.7 Å². The average molecular weight is 455 g/mol. The van der Waals surface area contributed by atoms with E-state index in [1.165, 1.54) is 23.9 Å². The van der Waals surface area contributed by atoms with Gasteiger partial charge in [-0.3, -0.25) is 4.99 Å². The van der Waals surface area contributed by atoms with Crippen molar-refractivity contribution in [2.75, 3.05) is 12.3 Å². The lowest BCUT2D eigenvalue weighted by Crippen LogP contribution is -2.10. The first-order valence-corrected chi connectivity index (χ1v) is 10.5. The monoisotopic (exact) mass is 455 g/mol. The highest BCUT2D eigenvalue weighted by Gasteiger charge is 2.34. The molecule has 0 bridgehead atoms. The Hall–Kier alpha value is -1.40. The Morgan fingerprint density at radius 2 is 1.68 bits per heavy atom. The molecule has 1 aliphatic rings. The Labute approximate surface area is 168 Å². The molecule has 150 valence electrons. The summed E-state index contributed by atoms with van der Waals surface area (Å²) in [6, 6.07) is 5.29. The molecular weight excluding hydrogens is 444 g/mol. The van der Waals surface area contributed by atoms with E-state index in [0.29, 0.717) is 16.5 Å². The second-order valence-electron chi connectivity index (χ2n) is 5.45. The zero-order valence-corrected chi connectivity index (χ0v) is 16.3. The molecule has 3 rings (SSSR count). The first-order valence-electron chi connectivity index (χ1n) is 7.71. The molecule has 3 nitrogen and oxygen atoms in total. The number of halogens is 6. The number of rotatable bonds is 4. The fraction of sp³-hybridized carbons (Fsp3) is 0.312. The van der Waals surface area contributed by atoms with Gasteiger partial charge in [0.2, 0.25) is 0 Å². The maximum atomic E-state index is 13.1. The molecule has 0 fully saturated rings. The van der Waals surface area contributed by atoms with Crippen LogP contribution in [0.2, 0.25) is 0 Å². The maximum Gasteiger partial charge on any atom is 0.433 e. The minimum absolute atomic E-state index is 0.0965. The molecule has 28 heavy (non-hydrogen) atoms.